The van der Waals surface area contributed by atoms with Crippen molar-refractivity contribution in [2.75, 3.05) is 0 Å². The average Bonchev–Trinajstić information content (AvgIpc) is 3.11. The number of rotatable bonds is 8. The lowest BCUT2D eigenvalue weighted by molar-refractivity contribution is 0.902. The predicted octanol–water partition coefficient (Wildman–Crippen LogP) is 7.41. The van der Waals surface area contributed by atoms with E-state index in [0.29, 0.717) is 0 Å². The van der Waals surface area contributed by atoms with Crippen LogP contribution >= 0.6 is 0 Å². The number of benzene rings is 2. The Balaban J connectivity index is 2.18. The van der Waals surface area contributed by atoms with E-state index in [1.54, 1.807) is 6.08 Å². The van der Waals surface area contributed by atoms with Crippen LogP contribution in [0.1, 0.15) is 37.2 Å². The molecule has 1 heterocycles. The van der Waals surface area contributed by atoms with Crippen molar-refractivity contribution in [3.63, 3.8) is 0 Å². The molecule has 0 spiro atoms. The molecule has 2 aromatic carbocycles. The van der Waals surface area contributed by atoms with E-state index in [9.17, 15) is 0 Å². The molecule has 142 valence electrons. The number of hydrogen-bond donors (Lipinski definition) is 0. The topological polar surface area (TPSA) is 4.93 Å². The van der Waals surface area contributed by atoms with E-state index in [1.807, 2.05) is 12.2 Å². The summed E-state index contributed by atoms with van der Waals surface area (Å²) in [6.45, 7) is 8.21. The Labute approximate surface area is 169 Å². The van der Waals surface area contributed by atoms with E-state index in [1.165, 1.54) is 33.8 Å². The summed E-state index contributed by atoms with van der Waals surface area (Å²) in [6.07, 6.45) is 13.3. The molecule has 0 fully saturated rings. The van der Waals surface area contributed by atoms with E-state index in [-0.39, 0.29) is 0 Å². The number of nitrogens with zero attached hydrogens (tertiary/aromatic N) is 1. The Morgan fingerprint density at radius 2 is 1.71 bits per heavy atom. The van der Waals surface area contributed by atoms with Crippen LogP contribution in [-0.2, 0) is 12.8 Å². The molecule has 0 aliphatic heterocycles. The maximum absolute atomic E-state index is 3.74. The fourth-order valence-corrected chi connectivity index (χ4v) is 3.65. The molecular formula is C27H29N. The number of aromatic nitrogens is 1. The van der Waals surface area contributed by atoms with Crippen molar-refractivity contribution >= 4 is 6.08 Å². The highest BCUT2D eigenvalue weighted by Crippen LogP contribution is 2.31. The zero-order valence-corrected chi connectivity index (χ0v) is 16.9. The number of hydrogen-bond acceptors (Lipinski definition) is 0. The molecule has 3 rings (SSSR count). The van der Waals surface area contributed by atoms with Crippen molar-refractivity contribution in [2.45, 2.75) is 33.1 Å². The van der Waals surface area contributed by atoms with Gasteiger partial charge in [0.15, 0.2) is 0 Å². The van der Waals surface area contributed by atoms with Crippen LogP contribution in [0.4, 0.5) is 0 Å². The fourth-order valence-electron chi connectivity index (χ4n) is 3.65. The minimum atomic E-state index is 0.971. The minimum absolute atomic E-state index is 0.971. The van der Waals surface area contributed by atoms with Gasteiger partial charge in [0.2, 0.25) is 0 Å². The van der Waals surface area contributed by atoms with Crippen molar-refractivity contribution in [1.82, 2.24) is 4.57 Å². The summed E-state index contributed by atoms with van der Waals surface area (Å²) < 4.78 is 2.40. The van der Waals surface area contributed by atoms with E-state index in [2.05, 4.69) is 97.8 Å². The normalized spacial score (nSPS) is 11.5. The molecule has 0 unspecified atom stereocenters. The third-order valence-corrected chi connectivity index (χ3v) is 4.88. The maximum Gasteiger partial charge on any atom is 0.0465 e. The monoisotopic (exact) mass is 367 g/mol. The Bertz CT molecular complexity index is 971. The molecule has 0 saturated carbocycles. The summed E-state index contributed by atoms with van der Waals surface area (Å²) >= 11 is 0. The van der Waals surface area contributed by atoms with Gasteiger partial charge >= 0.3 is 0 Å². The molecule has 1 nitrogen and oxygen atoms in total. The molecular weight excluding hydrogens is 338 g/mol. The lowest BCUT2D eigenvalue weighted by atomic mass is 10.0. The van der Waals surface area contributed by atoms with Gasteiger partial charge in [-0.1, -0.05) is 93.6 Å². The lowest BCUT2D eigenvalue weighted by Crippen LogP contribution is -2.03. The van der Waals surface area contributed by atoms with Crippen LogP contribution in [0.5, 0.6) is 0 Å². The number of aryl methyl sites for hydroxylation is 1. The van der Waals surface area contributed by atoms with Crippen LogP contribution < -0.4 is 0 Å². The van der Waals surface area contributed by atoms with E-state index in [0.717, 1.165) is 19.3 Å². The highest BCUT2D eigenvalue weighted by Gasteiger charge is 2.15. The molecule has 1 aromatic heterocycles. The van der Waals surface area contributed by atoms with Crippen LogP contribution in [0.15, 0.2) is 91.5 Å². The second kappa shape index (κ2) is 9.75. The quantitative estimate of drug-likeness (QED) is 0.365. The first kappa shape index (κ1) is 19.7. The third-order valence-electron chi connectivity index (χ3n) is 4.88. The zero-order valence-electron chi connectivity index (χ0n) is 16.9. The van der Waals surface area contributed by atoms with Gasteiger partial charge in [0, 0.05) is 22.6 Å². The molecule has 1 heteroatoms. The Morgan fingerprint density at radius 3 is 2.43 bits per heavy atom. The molecule has 28 heavy (non-hydrogen) atoms. The SMILES string of the molecule is C=C/C=C\C=C\c1cc(-c2ccccc2)c(CC)n1-c1cccc(CCC)c1. The second-order valence-electron chi connectivity index (χ2n) is 6.88. The van der Waals surface area contributed by atoms with E-state index >= 15 is 0 Å². The molecule has 3 aromatic rings. The molecule has 0 radical (unpaired) electrons. The predicted molar refractivity (Wildman–Crippen MR) is 123 cm³/mol. The largest absolute Gasteiger partial charge is 0.314 e. The average molecular weight is 368 g/mol. The molecule has 0 aliphatic carbocycles. The summed E-state index contributed by atoms with van der Waals surface area (Å²) in [4.78, 5) is 0. The van der Waals surface area contributed by atoms with Gasteiger partial charge in [-0.15, -0.1) is 0 Å². The summed E-state index contributed by atoms with van der Waals surface area (Å²) in [6, 6.07) is 21.9. The van der Waals surface area contributed by atoms with E-state index in [4.69, 9.17) is 0 Å². The van der Waals surface area contributed by atoms with Crippen molar-refractivity contribution in [1.29, 1.82) is 0 Å². The Kier molecular flexibility index (Phi) is 6.86. The summed E-state index contributed by atoms with van der Waals surface area (Å²) in [5, 5.41) is 0. The van der Waals surface area contributed by atoms with Crippen molar-refractivity contribution in [3.8, 4) is 16.8 Å². The molecule has 0 amide bonds. The van der Waals surface area contributed by atoms with Crippen LogP contribution in [0.2, 0.25) is 0 Å². The van der Waals surface area contributed by atoms with Gasteiger partial charge in [-0.2, -0.15) is 0 Å². The molecule has 0 atom stereocenters. The summed E-state index contributed by atoms with van der Waals surface area (Å²) in [5.41, 5.74) is 7.72. The van der Waals surface area contributed by atoms with E-state index < -0.39 is 0 Å². The minimum Gasteiger partial charge on any atom is -0.314 e. The third kappa shape index (κ3) is 4.43. The van der Waals surface area contributed by atoms with Gasteiger partial charge in [0.1, 0.15) is 0 Å². The van der Waals surface area contributed by atoms with Crippen LogP contribution in [0, 0.1) is 0 Å². The van der Waals surface area contributed by atoms with Crippen molar-refractivity contribution < 1.29 is 0 Å². The van der Waals surface area contributed by atoms with Crippen LogP contribution in [-0.4, -0.2) is 4.57 Å². The maximum atomic E-state index is 3.74. The first-order valence-electron chi connectivity index (χ1n) is 10.1. The van der Waals surface area contributed by atoms with Gasteiger partial charge in [-0.05, 0) is 48.2 Å². The van der Waals surface area contributed by atoms with Gasteiger partial charge < -0.3 is 4.57 Å². The lowest BCUT2D eigenvalue weighted by Gasteiger charge is -2.14. The van der Waals surface area contributed by atoms with Crippen molar-refractivity contribution in [3.05, 3.63) is 108 Å². The van der Waals surface area contributed by atoms with Gasteiger partial charge in [-0.3, -0.25) is 0 Å². The second-order valence-corrected chi connectivity index (χ2v) is 6.88. The first-order valence-corrected chi connectivity index (χ1v) is 10.1. The Hall–Kier alpha value is -3.06. The zero-order chi connectivity index (χ0) is 19.8. The summed E-state index contributed by atoms with van der Waals surface area (Å²) in [7, 11) is 0. The Morgan fingerprint density at radius 1 is 0.893 bits per heavy atom. The molecule has 0 bridgehead atoms. The molecule has 0 saturated heterocycles. The van der Waals surface area contributed by atoms with Crippen LogP contribution in [0.25, 0.3) is 22.9 Å². The fraction of sp³-hybridized carbons (Fsp3) is 0.185. The standard InChI is InChI=1S/C27H29N/c1-4-7-8-12-18-25-21-26(23-16-10-9-11-17-23)27(6-3)28(25)24-19-13-15-22(20-24)14-5-2/h4,7-13,15-21H,1,5-6,14H2,2-3H3/b8-7-,18-12+. The van der Waals surface area contributed by atoms with Crippen molar-refractivity contribution in [2.24, 2.45) is 0 Å². The molecule has 0 N–H and O–H groups in total. The van der Waals surface area contributed by atoms with Gasteiger partial charge in [-0.25, -0.2) is 0 Å². The van der Waals surface area contributed by atoms with Gasteiger partial charge in [0.05, 0.1) is 0 Å². The van der Waals surface area contributed by atoms with Crippen LogP contribution in [0.3, 0.4) is 0 Å². The first-order chi connectivity index (χ1) is 13.8. The van der Waals surface area contributed by atoms with Gasteiger partial charge in [0.25, 0.3) is 0 Å². The summed E-state index contributed by atoms with van der Waals surface area (Å²) in [5.74, 6) is 0. The highest BCUT2D eigenvalue weighted by atomic mass is 15.0. The smallest absolute Gasteiger partial charge is 0.0465 e. The molecule has 0 aliphatic rings. The highest BCUT2D eigenvalue weighted by molar-refractivity contribution is 5.72. The number of allylic oxidation sites excluding steroid dienone is 4.